The number of rotatable bonds is 2. The molecule has 0 amide bonds. The second kappa shape index (κ2) is 5.57. The number of para-hydroxylation sites is 1. The van der Waals surface area contributed by atoms with Gasteiger partial charge in [0.1, 0.15) is 5.82 Å². The molecule has 0 unspecified atom stereocenters. The maximum absolute atomic E-state index is 5.34. The third kappa shape index (κ3) is 2.22. The maximum Gasteiger partial charge on any atom is 0.318 e. The lowest BCUT2D eigenvalue weighted by molar-refractivity contribution is 0.378. The smallest absolute Gasteiger partial charge is 0.318 e. The molecular formula is C17H20N4O. The molecule has 0 spiro atoms. The minimum Gasteiger partial charge on any atom is -0.467 e. The maximum atomic E-state index is 5.34. The van der Waals surface area contributed by atoms with Crippen LogP contribution in [0.3, 0.4) is 0 Å². The molecule has 0 radical (unpaired) electrons. The Kier molecular flexibility index (Phi) is 3.42. The van der Waals surface area contributed by atoms with Crippen LogP contribution in [-0.4, -0.2) is 36.7 Å². The van der Waals surface area contributed by atoms with Gasteiger partial charge < -0.3 is 15.0 Å². The molecule has 1 aromatic carbocycles. The summed E-state index contributed by atoms with van der Waals surface area (Å²) in [4.78, 5) is 11.6. The van der Waals surface area contributed by atoms with E-state index in [9.17, 15) is 0 Å². The average Bonchev–Trinajstić information content (AvgIpc) is 2.84. The summed E-state index contributed by atoms with van der Waals surface area (Å²) in [7, 11) is 1.64. The van der Waals surface area contributed by atoms with E-state index in [0.29, 0.717) is 6.01 Å². The minimum atomic E-state index is 0.472. The number of methoxy groups -OCH3 is 1. The lowest BCUT2D eigenvalue weighted by Gasteiger charge is -2.23. The largest absolute Gasteiger partial charge is 0.467 e. The highest BCUT2D eigenvalue weighted by Crippen LogP contribution is 2.36. The zero-order valence-electron chi connectivity index (χ0n) is 12.8. The first kappa shape index (κ1) is 13.5. The van der Waals surface area contributed by atoms with E-state index in [4.69, 9.17) is 9.72 Å². The Balaban J connectivity index is 1.84. The predicted molar refractivity (Wildman–Crippen MR) is 86.0 cm³/mol. The number of ether oxygens (including phenoxy) is 1. The van der Waals surface area contributed by atoms with Crippen molar-refractivity contribution in [2.45, 2.75) is 19.3 Å². The normalized spacial score (nSPS) is 16.9. The fourth-order valence-electron chi connectivity index (χ4n) is 3.38. The summed E-state index contributed by atoms with van der Waals surface area (Å²) in [6.07, 6.45) is 2.96. The highest BCUT2D eigenvalue weighted by atomic mass is 16.5. The van der Waals surface area contributed by atoms with Gasteiger partial charge in [-0.2, -0.15) is 9.97 Å². The van der Waals surface area contributed by atoms with Crippen LogP contribution in [0, 0.1) is 0 Å². The Hall–Kier alpha value is -2.14. The number of fused-ring (bicyclic) bond motifs is 2. The van der Waals surface area contributed by atoms with Gasteiger partial charge in [-0.1, -0.05) is 18.2 Å². The first-order chi connectivity index (χ1) is 10.9. The zero-order chi connectivity index (χ0) is 14.9. The predicted octanol–water partition coefficient (Wildman–Crippen LogP) is 1.87. The molecule has 1 aromatic heterocycles. The van der Waals surface area contributed by atoms with Crippen LogP contribution in [0.1, 0.15) is 16.8 Å². The van der Waals surface area contributed by atoms with Crippen LogP contribution in [0.4, 0.5) is 11.5 Å². The molecule has 0 aliphatic carbocycles. The van der Waals surface area contributed by atoms with Crippen molar-refractivity contribution in [2.24, 2.45) is 0 Å². The summed E-state index contributed by atoms with van der Waals surface area (Å²) in [5, 5.41) is 3.44. The van der Waals surface area contributed by atoms with Crippen LogP contribution < -0.4 is 15.0 Å². The molecule has 0 atom stereocenters. The molecule has 1 N–H and O–H groups in total. The van der Waals surface area contributed by atoms with Crippen LogP contribution in [0.25, 0.3) is 0 Å². The molecular weight excluding hydrogens is 276 g/mol. The van der Waals surface area contributed by atoms with E-state index in [1.165, 1.54) is 16.8 Å². The first-order valence-electron chi connectivity index (χ1n) is 7.87. The van der Waals surface area contributed by atoms with E-state index >= 15 is 0 Å². The van der Waals surface area contributed by atoms with Crippen molar-refractivity contribution in [3.63, 3.8) is 0 Å². The van der Waals surface area contributed by atoms with Crippen molar-refractivity contribution in [3.8, 4) is 6.01 Å². The topological polar surface area (TPSA) is 50.3 Å². The molecule has 0 saturated carbocycles. The van der Waals surface area contributed by atoms with Crippen LogP contribution in [0.2, 0.25) is 0 Å². The molecule has 5 heteroatoms. The summed E-state index contributed by atoms with van der Waals surface area (Å²) in [5.41, 5.74) is 5.04. The summed E-state index contributed by atoms with van der Waals surface area (Å²) in [6.45, 7) is 2.91. The van der Waals surface area contributed by atoms with Gasteiger partial charge in [0.25, 0.3) is 0 Å². The van der Waals surface area contributed by atoms with Crippen molar-refractivity contribution in [1.29, 1.82) is 0 Å². The van der Waals surface area contributed by atoms with Crippen molar-refractivity contribution in [3.05, 3.63) is 41.1 Å². The van der Waals surface area contributed by atoms with E-state index in [0.717, 1.165) is 50.4 Å². The van der Waals surface area contributed by atoms with E-state index in [1.807, 2.05) is 0 Å². The molecule has 3 heterocycles. The zero-order valence-corrected chi connectivity index (χ0v) is 12.8. The monoisotopic (exact) mass is 296 g/mol. The van der Waals surface area contributed by atoms with Gasteiger partial charge in [0.05, 0.1) is 12.8 Å². The summed E-state index contributed by atoms with van der Waals surface area (Å²) < 4.78 is 5.34. The molecule has 0 fully saturated rings. The van der Waals surface area contributed by atoms with Crippen LogP contribution in [0.15, 0.2) is 24.3 Å². The van der Waals surface area contributed by atoms with E-state index in [2.05, 4.69) is 39.5 Å². The summed E-state index contributed by atoms with van der Waals surface area (Å²) >= 11 is 0. The van der Waals surface area contributed by atoms with Crippen LogP contribution in [-0.2, 0) is 19.3 Å². The average molecular weight is 296 g/mol. The Morgan fingerprint density at radius 1 is 1.09 bits per heavy atom. The fourth-order valence-corrected chi connectivity index (χ4v) is 3.38. The van der Waals surface area contributed by atoms with Crippen molar-refractivity contribution < 1.29 is 4.74 Å². The minimum absolute atomic E-state index is 0.472. The summed E-state index contributed by atoms with van der Waals surface area (Å²) in [5.74, 6) is 1.02. The molecule has 114 valence electrons. The molecule has 0 bridgehead atoms. The quantitative estimate of drug-likeness (QED) is 0.917. The number of aromatic nitrogens is 2. The van der Waals surface area contributed by atoms with Crippen LogP contribution >= 0.6 is 0 Å². The highest BCUT2D eigenvalue weighted by Gasteiger charge is 2.26. The molecule has 5 nitrogen and oxygen atoms in total. The third-order valence-electron chi connectivity index (χ3n) is 4.47. The third-order valence-corrected chi connectivity index (χ3v) is 4.47. The van der Waals surface area contributed by atoms with Crippen molar-refractivity contribution >= 4 is 11.5 Å². The number of hydrogen-bond acceptors (Lipinski definition) is 5. The van der Waals surface area contributed by atoms with Gasteiger partial charge in [0.15, 0.2) is 0 Å². The molecule has 4 rings (SSSR count). The lowest BCUT2D eigenvalue weighted by Crippen LogP contribution is -2.19. The van der Waals surface area contributed by atoms with E-state index < -0.39 is 0 Å². The number of anilines is 2. The Morgan fingerprint density at radius 2 is 1.95 bits per heavy atom. The molecule has 22 heavy (non-hydrogen) atoms. The van der Waals surface area contributed by atoms with E-state index in [1.54, 1.807) is 7.11 Å². The van der Waals surface area contributed by atoms with Gasteiger partial charge in [0.2, 0.25) is 0 Å². The lowest BCUT2D eigenvalue weighted by atomic mass is 10.1. The number of nitrogens with zero attached hydrogens (tertiary/aromatic N) is 3. The van der Waals surface area contributed by atoms with Gasteiger partial charge in [-0.05, 0) is 31.0 Å². The standard InChI is InChI=1S/C17H20N4O/c1-22-17-19-14-7-10-18-9-6-13(14)16(20-17)21-11-8-12-4-2-3-5-15(12)21/h2-5,18H,6-11H2,1H3. The van der Waals surface area contributed by atoms with E-state index in [-0.39, 0.29) is 0 Å². The second-order valence-corrected chi connectivity index (χ2v) is 5.74. The van der Waals surface area contributed by atoms with Crippen molar-refractivity contribution in [2.75, 3.05) is 31.6 Å². The second-order valence-electron chi connectivity index (χ2n) is 5.74. The molecule has 2 aliphatic heterocycles. The Morgan fingerprint density at radius 3 is 2.86 bits per heavy atom. The summed E-state index contributed by atoms with van der Waals surface area (Å²) in [6, 6.07) is 9.05. The van der Waals surface area contributed by atoms with Gasteiger partial charge in [-0.25, -0.2) is 0 Å². The Bertz CT molecular complexity index is 701. The number of benzene rings is 1. The van der Waals surface area contributed by atoms with Crippen molar-refractivity contribution in [1.82, 2.24) is 15.3 Å². The fraction of sp³-hybridized carbons (Fsp3) is 0.412. The molecule has 2 aliphatic rings. The number of nitrogens with one attached hydrogen (secondary N) is 1. The van der Waals surface area contributed by atoms with Gasteiger partial charge in [0, 0.05) is 30.8 Å². The SMILES string of the molecule is COc1nc2c(c(N3CCc4ccccc43)n1)CCNCC2. The molecule has 0 saturated heterocycles. The highest BCUT2D eigenvalue weighted by molar-refractivity contribution is 5.70. The van der Waals surface area contributed by atoms with Gasteiger partial charge in [-0.15, -0.1) is 0 Å². The van der Waals surface area contributed by atoms with Gasteiger partial charge in [-0.3, -0.25) is 0 Å². The van der Waals surface area contributed by atoms with Gasteiger partial charge >= 0.3 is 6.01 Å². The molecule has 2 aromatic rings. The first-order valence-corrected chi connectivity index (χ1v) is 7.87. The van der Waals surface area contributed by atoms with Crippen LogP contribution in [0.5, 0.6) is 6.01 Å². The Labute approximate surface area is 130 Å². The number of hydrogen-bond donors (Lipinski definition) is 1.